The second kappa shape index (κ2) is 4.63. The average molecular weight is 259 g/mol. The van der Waals surface area contributed by atoms with Crippen LogP contribution in [-0.2, 0) is 13.1 Å². The Morgan fingerprint density at radius 3 is 2.95 bits per heavy atom. The molecule has 3 aromatic rings. The molecule has 0 aliphatic heterocycles. The van der Waals surface area contributed by atoms with E-state index in [1.807, 2.05) is 13.0 Å². The number of hydrogen-bond donors (Lipinski definition) is 0. The van der Waals surface area contributed by atoms with Crippen LogP contribution in [0.5, 0.6) is 0 Å². The second-order valence-electron chi connectivity index (χ2n) is 4.19. The van der Waals surface area contributed by atoms with Gasteiger partial charge < -0.3 is 0 Å². The van der Waals surface area contributed by atoms with Gasteiger partial charge in [-0.2, -0.15) is 0 Å². The standard InChI is InChI=1S/C11H13N7O/c1-2-6-17-10(12-14-15-17)8-18-11(19)16-7-4-3-5-9(16)13-18/h3-5,7H,2,6,8H2,1H3. The quantitative estimate of drug-likeness (QED) is 0.655. The Morgan fingerprint density at radius 1 is 1.26 bits per heavy atom. The molecule has 0 aliphatic carbocycles. The number of tetrazole rings is 1. The van der Waals surface area contributed by atoms with E-state index < -0.39 is 0 Å². The molecule has 0 saturated heterocycles. The van der Waals surface area contributed by atoms with Crippen LogP contribution in [0, 0.1) is 0 Å². The van der Waals surface area contributed by atoms with E-state index in [9.17, 15) is 4.79 Å². The number of nitrogens with zero attached hydrogens (tertiary/aromatic N) is 7. The summed E-state index contributed by atoms with van der Waals surface area (Å²) in [5.41, 5.74) is 0.420. The molecule has 0 fully saturated rings. The second-order valence-corrected chi connectivity index (χ2v) is 4.19. The summed E-state index contributed by atoms with van der Waals surface area (Å²) >= 11 is 0. The molecule has 3 rings (SSSR count). The van der Waals surface area contributed by atoms with Gasteiger partial charge >= 0.3 is 5.69 Å². The zero-order chi connectivity index (χ0) is 13.2. The lowest BCUT2D eigenvalue weighted by Crippen LogP contribution is -2.23. The van der Waals surface area contributed by atoms with Gasteiger partial charge in [0.1, 0.15) is 6.54 Å². The van der Waals surface area contributed by atoms with Crippen molar-refractivity contribution in [2.75, 3.05) is 0 Å². The molecule has 98 valence electrons. The van der Waals surface area contributed by atoms with E-state index in [4.69, 9.17) is 0 Å². The number of pyridine rings is 1. The van der Waals surface area contributed by atoms with Crippen molar-refractivity contribution < 1.29 is 0 Å². The number of aromatic nitrogens is 7. The molecule has 0 spiro atoms. The van der Waals surface area contributed by atoms with Gasteiger partial charge in [0.05, 0.1) is 0 Å². The monoisotopic (exact) mass is 259 g/mol. The summed E-state index contributed by atoms with van der Waals surface area (Å²) in [6.45, 7) is 3.04. The zero-order valence-electron chi connectivity index (χ0n) is 10.5. The van der Waals surface area contributed by atoms with E-state index in [1.54, 1.807) is 23.0 Å². The lowest BCUT2D eigenvalue weighted by atomic mass is 10.5. The summed E-state index contributed by atoms with van der Waals surface area (Å²) in [4.78, 5) is 12.1. The number of hydrogen-bond acceptors (Lipinski definition) is 5. The molecule has 0 saturated carbocycles. The van der Waals surface area contributed by atoms with Crippen molar-refractivity contribution in [3.63, 3.8) is 0 Å². The normalized spacial score (nSPS) is 11.2. The summed E-state index contributed by atoms with van der Waals surface area (Å²) in [5.74, 6) is 0.632. The van der Waals surface area contributed by atoms with Crippen LogP contribution >= 0.6 is 0 Å². The van der Waals surface area contributed by atoms with Gasteiger partial charge in [-0.3, -0.25) is 4.40 Å². The third-order valence-electron chi connectivity index (χ3n) is 2.82. The maximum Gasteiger partial charge on any atom is 0.350 e. The minimum absolute atomic E-state index is 0.193. The molecule has 0 unspecified atom stereocenters. The Morgan fingerprint density at radius 2 is 2.16 bits per heavy atom. The SMILES string of the molecule is CCCn1nnnc1Cn1nc2ccccn2c1=O. The fourth-order valence-electron chi connectivity index (χ4n) is 1.93. The van der Waals surface area contributed by atoms with Gasteiger partial charge in [-0.25, -0.2) is 14.2 Å². The lowest BCUT2D eigenvalue weighted by Gasteiger charge is -2.01. The predicted molar refractivity (Wildman–Crippen MR) is 66.7 cm³/mol. The fraction of sp³-hybridized carbons (Fsp3) is 0.364. The summed E-state index contributed by atoms with van der Waals surface area (Å²) in [5, 5.41) is 15.7. The van der Waals surface area contributed by atoms with Gasteiger partial charge in [0, 0.05) is 12.7 Å². The zero-order valence-corrected chi connectivity index (χ0v) is 10.5. The molecule has 8 nitrogen and oxygen atoms in total. The van der Waals surface area contributed by atoms with Crippen molar-refractivity contribution in [2.24, 2.45) is 0 Å². The smallest absolute Gasteiger partial charge is 0.250 e. The van der Waals surface area contributed by atoms with E-state index in [0.717, 1.165) is 13.0 Å². The summed E-state index contributed by atoms with van der Waals surface area (Å²) in [6.07, 6.45) is 2.62. The van der Waals surface area contributed by atoms with Gasteiger partial charge in [0.15, 0.2) is 11.5 Å². The minimum Gasteiger partial charge on any atom is -0.250 e. The van der Waals surface area contributed by atoms with Crippen molar-refractivity contribution in [1.82, 2.24) is 34.4 Å². The van der Waals surface area contributed by atoms with Crippen LogP contribution < -0.4 is 5.69 Å². The molecule has 8 heteroatoms. The average Bonchev–Trinajstić information content (AvgIpc) is 2.98. The Balaban J connectivity index is 1.99. The van der Waals surface area contributed by atoms with E-state index in [-0.39, 0.29) is 12.2 Å². The van der Waals surface area contributed by atoms with Gasteiger partial charge in [0.25, 0.3) is 0 Å². The number of fused-ring (bicyclic) bond motifs is 1. The molecule has 0 radical (unpaired) electrons. The maximum absolute atomic E-state index is 12.1. The third-order valence-corrected chi connectivity index (χ3v) is 2.82. The highest BCUT2D eigenvalue weighted by molar-refractivity contribution is 5.35. The Bertz CT molecular complexity index is 754. The van der Waals surface area contributed by atoms with Crippen LogP contribution in [0.4, 0.5) is 0 Å². The molecule has 0 aliphatic rings. The minimum atomic E-state index is -0.193. The Kier molecular flexibility index (Phi) is 2.82. The Hall–Kier alpha value is -2.51. The molecule has 0 N–H and O–H groups in total. The largest absolute Gasteiger partial charge is 0.350 e. The Labute approximate surface area is 108 Å². The maximum atomic E-state index is 12.1. The summed E-state index contributed by atoms with van der Waals surface area (Å²) < 4.78 is 4.55. The van der Waals surface area contributed by atoms with Gasteiger partial charge in [-0.05, 0) is 29.0 Å². The molecule has 0 bridgehead atoms. The van der Waals surface area contributed by atoms with Crippen LogP contribution in [0.3, 0.4) is 0 Å². The van der Waals surface area contributed by atoms with E-state index in [2.05, 4.69) is 20.6 Å². The highest BCUT2D eigenvalue weighted by atomic mass is 16.2. The first kappa shape index (κ1) is 11.6. The molecule has 0 amide bonds. The number of aryl methyl sites for hydroxylation is 1. The van der Waals surface area contributed by atoms with Crippen molar-refractivity contribution >= 4 is 5.65 Å². The fourth-order valence-corrected chi connectivity index (χ4v) is 1.93. The first-order chi connectivity index (χ1) is 9.29. The highest BCUT2D eigenvalue weighted by Gasteiger charge is 2.11. The molecular formula is C11H13N7O. The van der Waals surface area contributed by atoms with Gasteiger partial charge in [0.2, 0.25) is 0 Å². The lowest BCUT2D eigenvalue weighted by molar-refractivity contribution is 0.526. The van der Waals surface area contributed by atoms with E-state index >= 15 is 0 Å². The van der Waals surface area contributed by atoms with Crippen molar-refractivity contribution in [1.29, 1.82) is 0 Å². The van der Waals surface area contributed by atoms with Crippen LogP contribution in [0.15, 0.2) is 29.2 Å². The summed E-state index contributed by atoms with van der Waals surface area (Å²) in [6, 6.07) is 5.42. The first-order valence-corrected chi connectivity index (χ1v) is 6.09. The van der Waals surface area contributed by atoms with Crippen LogP contribution in [0.25, 0.3) is 5.65 Å². The van der Waals surface area contributed by atoms with Gasteiger partial charge in [-0.1, -0.05) is 13.0 Å². The molecular weight excluding hydrogens is 246 g/mol. The van der Waals surface area contributed by atoms with Crippen LogP contribution in [-0.4, -0.2) is 34.4 Å². The van der Waals surface area contributed by atoms with Crippen molar-refractivity contribution in [2.45, 2.75) is 26.4 Å². The van der Waals surface area contributed by atoms with Crippen LogP contribution in [0.1, 0.15) is 19.2 Å². The topological polar surface area (TPSA) is 82.9 Å². The number of rotatable bonds is 4. The van der Waals surface area contributed by atoms with Crippen molar-refractivity contribution in [3.8, 4) is 0 Å². The predicted octanol–water partition coefficient (Wildman–Crippen LogP) is -0.0592. The third kappa shape index (κ3) is 2.01. The highest BCUT2D eigenvalue weighted by Crippen LogP contribution is 1.99. The summed E-state index contributed by atoms with van der Waals surface area (Å²) in [7, 11) is 0. The van der Waals surface area contributed by atoms with Crippen molar-refractivity contribution in [3.05, 3.63) is 40.7 Å². The first-order valence-electron chi connectivity index (χ1n) is 6.09. The molecule has 3 aromatic heterocycles. The van der Waals surface area contributed by atoms with Gasteiger partial charge in [-0.15, -0.1) is 10.2 Å². The molecule has 0 aromatic carbocycles. The van der Waals surface area contributed by atoms with E-state index in [0.29, 0.717) is 11.5 Å². The molecule has 19 heavy (non-hydrogen) atoms. The molecule has 0 atom stereocenters. The molecule has 3 heterocycles. The van der Waals surface area contributed by atoms with Crippen LogP contribution in [0.2, 0.25) is 0 Å². The van der Waals surface area contributed by atoms with E-state index in [1.165, 1.54) is 9.08 Å².